The van der Waals surface area contributed by atoms with Crippen LogP contribution in [0, 0.1) is 0 Å². The lowest BCUT2D eigenvalue weighted by Gasteiger charge is -2.12. The van der Waals surface area contributed by atoms with Crippen LogP contribution in [0.5, 0.6) is 0 Å². The molecule has 2 aromatic heterocycles. The van der Waals surface area contributed by atoms with Crippen LogP contribution in [-0.4, -0.2) is 14.5 Å². The standard InChI is InChI=1S/C10H11BrN2O/c1-10(2,14)8-6-13-4-3-7(11)5-9(13)12-8/h3-6,14H,1-2H3. The van der Waals surface area contributed by atoms with Crippen molar-refractivity contribution in [1.82, 2.24) is 9.38 Å². The third-order valence-electron chi connectivity index (χ3n) is 2.05. The van der Waals surface area contributed by atoms with Gasteiger partial charge in [-0.15, -0.1) is 0 Å². The average molecular weight is 255 g/mol. The number of aliphatic hydroxyl groups is 1. The molecule has 0 bridgehead atoms. The second-order valence-corrected chi connectivity index (χ2v) is 4.71. The maximum Gasteiger partial charge on any atom is 0.138 e. The zero-order valence-electron chi connectivity index (χ0n) is 8.03. The summed E-state index contributed by atoms with van der Waals surface area (Å²) in [5, 5.41) is 9.77. The topological polar surface area (TPSA) is 37.5 Å². The molecule has 0 amide bonds. The van der Waals surface area contributed by atoms with Gasteiger partial charge in [-0.05, 0) is 26.0 Å². The maximum absolute atomic E-state index is 9.77. The van der Waals surface area contributed by atoms with Gasteiger partial charge in [0, 0.05) is 16.9 Å². The molecular formula is C10H11BrN2O. The lowest BCUT2D eigenvalue weighted by atomic mass is 10.1. The Bertz CT molecular complexity index is 470. The minimum Gasteiger partial charge on any atom is -0.384 e. The summed E-state index contributed by atoms with van der Waals surface area (Å²) in [6.45, 7) is 3.45. The molecule has 14 heavy (non-hydrogen) atoms. The summed E-state index contributed by atoms with van der Waals surface area (Å²) in [6.07, 6.45) is 3.74. The quantitative estimate of drug-likeness (QED) is 0.849. The lowest BCUT2D eigenvalue weighted by Crippen LogP contribution is -2.15. The SMILES string of the molecule is CC(C)(O)c1cn2ccc(Br)cc2n1. The molecule has 0 aromatic carbocycles. The molecule has 0 saturated carbocycles. The predicted molar refractivity (Wildman–Crippen MR) is 58.1 cm³/mol. The molecule has 0 unspecified atom stereocenters. The van der Waals surface area contributed by atoms with E-state index in [0.717, 1.165) is 10.1 Å². The Hall–Kier alpha value is -0.870. The predicted octanol–water partition coefficient (Wildman–Crippen LogP) is 2.32. The molecule has 0 aliphatic carbocycles. The van der Waals surface area contributed by atoms with Crippen LogP contribution in [0.25, 0.3) is 5.65 Å². The molecule has 3 nitrogen and oxygen atoms in total. The van der Waals surface area contributed by atoms with Crippen LogP contribution in [0.15, 0.2) is 29.0 Å². The van der Waals surface area contributed by atoms with Crippen LogP contribution in [0.4, 0.5) is 0 Å². The van der Waals surface area contributed by atoms with E-state index < -0.39 is 5.60 Å². The molecule has 0 aliphatic rings. The number of imidazole rings is 1. The Morgan fingerprint density at radius 2 is 2.21 bits per heavy atom. The third-order valence-corrected chi connectivity index (χ3v) is 2.54. The summed E-state index contributed by atoms with van der Waals surface area (Å²) in [5.74, 6) is 0. The van der Waals surface area contributed by atoms with E-state index in [1.54, 1.807) is 13.8 Å². The number of aromatic nitrogens is 2. The summed E-state index contributed by atoms with van der Waals surface area (Å²) in [6, 6.07) is 3.85. The Morgan fingerprint density at radius 1 is 1.50 bits per heavy atom. The molecule has 2 aromatic rings. The van der Waals surface area contributed by atoms with Crippen molar-refractivity contribution in [3.05, 3.63) is 34.7 Å². The number of nitrogens with zero attached hydrogens (tertiary/aromatic N) is 2. The van der Waals surface area contributed by atoms with Crippen molar-refractivity contribution in [2.75, 3.05) is 0 Å². The Labute approximate surface area is 90.5 Å². The number of rotatable bonds is 1. The number of halogens is 1. The molecule has 2 heterocycles. The monoisotopic (exact) mass is 254 g/mol. The molecule has 0 atom stereocenters. The van der Waals surface area contributed by atoms with Crippen LogP contribution in [0.1, 0.15) is 19.5 Å². The molecule has 0 spiro atoms. The van der Waals surface area contributed by atoms with Gasteiger partial charge in [0.2, 0.25) is 0 Å². The Balaban J connectivity index is 2.63. The fourth-order valence-corrected chi connectivity index (χ4v) is 1.57. The summed E-state index contributed by atoms with van der Waals surface area (Å²) in [7, 11) is 0. The first-order valence-corrected chi connectivity index (χ1v) is 5.13. The average Bonchev–Trinajstić information content (AvgIpc) is 2.45. The summed E-state index contributed by atoms with van der Waals surface area (Å²) in [5.41, 5.74) is 0.616. The van der Waals surface area contributed by atoms with E-state index >= 15 is 0 Å². The minimum absolute atomic E-state index is 0.676. The first-order chi connectivity index (χ1) is 6.47. The lowest BCUT2D eigenvalue weighted by molar-refractivity contribution is 0.0744. The van der Waals surface area contributed by atoms with Crippen molar-refractivity contribution in [2.24, 2.45) is 0 Å². The highest BCUT2D eigenvalue weighted by Gasteiger charge is 2.19. The molecule has 0 saturated heterocycles. The van der Waals surface area contributed by atoms with E-state index in [2.05, 4.69) is 20.9 Å². The van der Waals surface area contributed by atoms with E-state index in [-0.39, 0.29) is 0 Å². The summed E-state index contributed by atoms with van der Waals surface area (Å²) in [4.78, 5) is 4.33. The largest absolute Gasteiger partial charge is 0.384 e. The minimum atomic E-state index is -0.890. The van der Waals surface area contributed by atoms with Crippen LogP contribution in [0.3, 0.4) is 0 Å². The highest BCUT2D eigenvalue weighted by Crippen LogP contribution is 2.20. The number of hydrogen-bond acceptors (Lipinski definition) is 2. The van der Waals surface area contributed by atoms with Crippen molar-refractivity contribution >= 4 is 21.6 Å². The Kier molecular flexibility index (Phi) is 2.12. The first kappa shape index (κ1) is 9.68. The van der Waals surface area contributed by atoms with Crippen molar-refractivity contribution in [3.8, 4) is 0 Å². The maximum atomic E-state index is 9.77. The van der Waals surface area contributed by atoms with Gasteiger partial charge in [0.25, 0.3) is 0 Å². The molecule has 74 valence electrons. The van der Waals surface area contributed by atoms with Gasteiger partial charge in [-0.25, -0.2) is 4.98 Å². The van der Waals surface area contributed by atoms with Gasteiger partial charge in [0.05, 0.1) is 5.69 Å². The number of hydrogen-bond donors (Lipinski definition) is 1. The van der Waals surface area contributed by atoms with E-state index in [9.17, 15) is 5.11 Å². The molecule has 2 rings (SSSR count). The van der Waals surface area contributed by atoms with Gasteiger partial charge in [0.1, 0.15) is 11.2 Å². The first-order valence-electron chi connectivity index (χ1n) is 4.34. The highest BCUT2D eigenvalue weighted by atomic mass is 79.9. The van der Waals surface area contributed by atoms with Gasteiger partial charge in [-0.1, -0.05) is 15.9 Å². The fourth-order valence-electron chi connectivity index (χ4n) is 1.25. The zero-order valence-corrected chi connectivity index (χ0v) is 9.62. The van der Waals surface area contributed by atoms with Crippen molar-refractivity contribution in [1.29, 1.82) is 0 Å². The summed E-state index contributed by atoms with van der Waals surface area (Å²) < 4.78 is 2.87. The molecule has 4 heteroatoms. The Morgan fingerprint density at radius 3 is 2.86 bits per heavy atom. The van der Waals surface area contributed by atoms with Crippen molar-refractivity contribution in [3.63, 3.8) is 0 Å². The molecule has 0 fully saturated rings. The molecular weight excluding hydrogens is 244 g/mol. The third kappa shape index (κ3) is 1.67. The van der Waals surface area contributed by atoms with Gasteiger partial charge in [0.15, 0.2) is 0 Å². The van der Waals surface area contributed by atoms with Crippen LogP contribution in [0.2, 0.25) is 0 Å². The van der Waals surface area contributed by atoms with Crippen molar-refractivity contribution < 1.29 is 5.11 Å². The van der Waals surface area contributed by atoms with Crippen LogP contribution < -0.4 is 0 Å². The summed E-state index contributed by atoms with van der Waals surface area (Å²) >= 11 is 3.38. The van der Waals surface area contributed by atoms with E-state index in [0.29, 0.717) is 5.69 Å². The fraction of sp³-hybridized carbons (Fsp3) is 0.300. The van der Waals surface area contributed by atoms with E-state index in [1.165, 1.54) is 0 Å². The smallest absolute Gasteiger partial charge is 0.138 e. The van der Waals surface area contributed by atoms with Gasteiger partial charge >= 0.3 is 0 Å². The number of fused-ring (bicyclic) bond motifs is 1. The second-order valence-electron chi connectivity index (χ2n) is 3.80. The van der Waals surface area contributed by atoms with Crippen LogP contribution in [-0.2, 0) is 5.60 Å². The highest BCUT2D eigenvalue weighted by molar-refractivity contribution is 9.10. The van der Waals surface area contributed by atoms with Crippen molar-refractivity contribution in [2.45, 2.75) is 19.4 Å². The molecule has 0 aliphatic heterocycles. The van der Waals surface area contributed by atoms with Gasteiger partial charge in [-0.3, -0.25) is 0 Å². The molecule has 1 N–H and O–H groups in total. The zero-order chi connectivity index (χ0) is 10.3. The van der Waals surface area contributed by atoms with Gasteiger partial charge in [-0.2, -0.15) is 0 Å². The van der Waals surface area contributed by atoms with Crippen LogP contribution >= 0.6 is 15.9 Å². The molecule has 0 radical (unpaired) electrons. The van der Waals surface area contributed by atoms with E-state index in [1.807, 2.05) is 28.9 Å². The van der Waals surface area contributed by atoms with Gasteiger partial charge < -0.3 is 9.51 Å². The van der Waals surface area contributed by atoms with E-state index in [4.69, 9.17) is 0 Å². The normalized spacial score (nSPS) is 12.3. The second kappa shape index (κ2) is 3.07. The number of pyridine rings is 1.